The summed E-state index contributed by atoms with van der Waals surface area (Å²) in [5, 5.41) is 6.15. The van der Waals surface area contributed by atoms with E-state index in [2.05, 4.69) is 20.5 Å². The molecule has 146 valence electrons. The number of nitrogens with one attached hydrogen (secondary N) is 2. The van der Waals surface area contributed by atoms with Crippen LogP contribution in [-0.4, -0.2) is 80.2 Å². The van der Waals surface area contributed by atoms with E-state index in [-0.39, 0.29) is 42.0 Å². The first-order valence-electron chi connectivity index (χ1n) is 8.68. The third-order valence-corrected chi connectivity index (χ3v) is 3.97. The van der Waals surface area contributed by atoms with Gasteiger partial charge in [-0.1, -0.05) is 6.92 Å². The van der Waals surface area contributed by atoms with Crippen molar-refractivity contribution in [3.05, 3.63) is 0 Å². The molecule has 1 atom stereocenters. The highest BCUT2D eigenvalue weighted by Crippen LogP contribution is 2.04. The molecular formula is C16H32IN5O3. The molecule has 0 radical (unpaired) electrons. The highest BCUT2D eigenvalue weighted by atomic mass is 127. The van der Waals surface area contributed by atoms with Gasteiger partial charge in [-0.3, -0.25) is 9.79 Å². The Morgan fingerprint density at radius 2 is 1.76 bits per heavy atom. The minimum Gasteiger partial charge on any atom is -0.450 e. The molecule has 0 aromatic rings. The highest BCUT2D eigenvalue weighted by Gasteiger charge is 2.23. The van der Waals surface area contributed by atoms with Gasteiger partial charge in [0.1, 0.15) is 0 Å². The topological polar surface area (TPSA) is 86.3 Å². The molecule has 1 aliphatic rings. The van der Waals surface area contributed by atoms with E-state index in [1.807, 2.05) is 13.8 Å². The average molecular weight is 469 g/mol. The number of amides is 2. The van der Waals surface area contributed by atoms with Gasteiger partial charge in [0.2, 0.25) is 5.91 Å². The molecular weight excluding hydrogens is 437 g/mol. The van der Waals surface area contributed by atoms with Crippen LogP contribution in [0.15, 0.2) is 4.99 Å². The van der Waals surface area contributed by atoms with Crippen LogP contribution < -0.4 is 10.6 Å². The number of aliphatic imine (C=N–C) groups is 1. The molecule has 1 heterocycles. The lowest BCUT2D eigenvalue weighted by Crippen LogP contribution is -2.54. The molecule has 0 spiro atoms. The van der Waals surface area contributed by atoms with Crippen molar-refractivity contribution in [3.63, 3.8) is 0 Å². The zero-order chi connectivity index (χ0) is 17.9. The molecule has 1 saturated heterocycles. The summed E-state index contributed by atoms with van der Waals surface area (Å²) in [6, 6.07) is 0.202. The minimum atomic E-state index is -0.262. The van der Waals surface area contributed by atoms with Gasteiger partial charge in [-0.25, -0.2) is 4.79 Å². The Morgan fingerprint density at radius 1 is 1.16 bits per heavy atom. The fraction of sp³-hybridized carbons (Fsp3) is 0.812. The Balaban J connectivity index is 0.00000576. The Bertz CT molecular complexity index is 439. The SMILES string of the molecule is CCOC(=O)N1CCN(C(=NC)NCCC(=O)NC(C)CC)CC1.I. The predicted octanol–water partition coefficient (Wildman–Crippen LogP) is 1.26. The Morgan fingerprint density at radius 3 is 2.28 bits per heavy atom. The van der Waals surface area contributed by atoms with Crippen LogP contribution in [0.5, 0.6) is 0 Å². The lowest BCUT2D eigenvalue weighted by Gasteiger charge is -2.35. The van der Waals surface area contributed by atoms with Crippen LogP contribution in [0.3, 0.4) is 0 Å². The predicted molar refractivity (Wildman–Crippen MR) is 109 cm³/mol. The largest absolute Gasteiger partial charge is 0.450 e. The van der Waals surface area contributed by atoms with Gasteiger partial charge in [-0.05, 0) is 20.3 Å². The molecule has 0 aliphatic carbocycles. The average Bonchev–Trinajstić information content (AvgIpc) is 2.59. The maximum absolute atomic E-state index is 11.8. The van der Waals surface area contributed by atoms with E-state index in [1.165, 1.54) is 0 Å². The Labute approximate surface area is 167 Å². The Hall–Kier alpha value is -1.26. The van der Waals surface area contributed by atoms with E-state index in [1.54, 1.807) is 18.9 Å². The van der Waals surface area contributed by atoms with Gasteiger partial charge in [0.15, 0.2) is 5.96 Å². The normalized spacial score (nSPS) is 15.9. The second-order valence-electron chi connectivity index (χ2n) is 5.77. The molecule has 2 N–H and O–H groups in total. The zero-order valence-electron chi connectivity index (χ0n) is 15.7. The summed E-state index contributed by atoms with van der Waals surface area (Å²) in [7, 11) is 1.72. The van der Waals surface area contributed by atoms with Crippen LogP contribution in [0.2, 0.25) is 0 Å². The van der Waals surface area contributed by atoms with Crippen LogP contribution in [0.1, 0.15) is 33.6 Å². The van der Waals surface area contributed by atoms with E-state index in [4.69, 9.17) is 4.74 Å². The molecule has 0 aromatic heterocycles. The molecule has 1 aliphatic heterocycles. The van der Waals surface area contributed by atoms with Crippen molar-refractivity contribution in [2.45, 2.75) is 39.7 Å². The van der Waals surface area contributed by atoms with E-state index < -0.39 is 0 Å². The lowest BCUT2D eigenvalue weighted by molar-refractivity contribution is -0.121. The van der Waals surface area contributed by atoms with Crippen LogP contribution in [0, 0.1) is 0 Å². The first-order valence-corrected chi connectivity index (χ1v) is 8.68. The number of hydrogen-bond donors (Lipinski definition) is 2. The maximum atomic E-state index is 11.8. The van der Waals surface area contributed by atoms with Crippen LogP contribution >= 0.6 is 24.0 Å². The van der Waals surface area contributed by atoms with E-state index >= 15 is 0 Å². The van der Waals surface area contributed by atoms with Crippen molar-refractivity contribution < 1.29 is 14.3 Å². The standard InChI is InChI=1S/C16H31N5O3.HI/c1-5-13(3)19-14(22)7-8-18-15(17-4)20-9-11-21(12-10-20)16(23)24-6-2;/h13H,5-12H2,1-4H3,(H,17,18)(H,19,22);1H. The summed E-state index contributed by atoms with van der Waals surface area (Å²) in [5.41, 5.74) is 0. The number of guanidine groups is 1. The highest BCUT2D eigenvalue weighted by molar-refractivity contribution is 14.0. The molecule has 0 saturated carbocycles. The van der Waals surface area contributed by atoms with Crippen molar-refractivity contribution in [1.29, 1.82) is 0 Å². The molecule has 9 heteroatoms. The van der Waals surface area contributed by atoms with E-state index in [0.717, 1.165) is 12.4 Å². The molecule has 0 bridgehead atoms. The van der Waals surface area contributed by atoms with E-state index in [9.17, 15) is 9.59 Å². The number of rotatable bonds is 6. The third-order valence-electron chi connectivity index (χ3n) is 3.97. The molecule has 2 amide bonds. The molecule has 1 fully saturated rings. The molecule has 0 aromatic carbocycles. The Kier molecular flexibility index (Phi) is 12.4. The summed E-state index contributed by atoms with van der Waals surface area (Å²) < 4.78 is 5.01. The van der Waals surface area contributed by atoms with Gasteiger partial charge < -0.3 is 25.2 Å². The van der Waals surface area contributed by atoms with Crippen molar-refractivity contribution in [1.82, 2.24) is 20.4 Å². The number of hydrogen-bond acceptors (Lipinski definition) is 4. The number of nitrogens with zero attached hydrogens (tertiary/aromatic N) is 3. The summed E-state index contributed by atoms with van der Waals surface area (Å²) in [5.74, 6) is 0.800. The number of piperazine rings is 1. The van der Waals surface area contributed by atoms with Gasteiger partial charge in [-0.15, -0.1) is 24.0 Å². The minimum absolute atomic E-state index is 0. The second-order valence-corrected chi connectivity index (χ2v) is 5.77. The van der Waals surface area contributed by atoms with Crippen molar-refractivity contribution >= 4 is 41.9 Å². The van der Waals surface area contributed by atoms with Crippen molar-refractivity contribution in [2.75, 3.05) is 46.4 Å². The van der Waals surface area contributed by atoms with Gasteiger partial charge in [0, 0.05) is 52.2 Å². The van der Waals surface area contributed by atoms with Crippen LogP contribution in [0.4, 0.5) is 4.79 Å². The second kappa shape index (κ2) is 13.0. The zero-order valence-corrected chi connectivity index (χ0v) is 18.0. The monoisotopic (exact) mass is 469 g/mol. The quantitative estimate of drug-likeness (QED) is 0.348. The summed E-state index contributed by atoms with van der Waals surface area (Å²) >= 11 is 0. The van der Waals surface area contributed by atoms with Crippen LogP contribution in [-0.2, 0) is 9.53 Å². The molecule has 8 nitrogen and oxygen atoms in total. The maximum Gasteiger partial charge on any atom is 0.409 e. The number of halogens is 1. The number of carbonyl (C=O) groups excluding carboxylic acids is 2. The van der Waals surface area contributed by atoms with Crippen molar-refractivity contribution in [2.24, 2.45) is 4.99 Å². The first-order chi connectivity index (χ1) is 11.5. The summed E-state index contributed by atoms with van der Waals surface area (Å²) in [4.78, 5) is 31.5. The van der Waals surface area contributed by atoms with Crippen molar-refractivity contribution in [3.8, 4) is 0 Å². The first kappa shape index (κ1) is 23.7. The van der Waals surface area contributed by atoms with Gasteiger partial charge in [0.05, 0.1) is 6.61 Å². The number of ether oxygens (including phenoxy) is 1. The van der Waals surface area contributed by atoms with Gasteiger partial charge >= 0.3 is 6.09 Å². The lowest BCUT2D eigenvalue weighted by atomic mass is 10.2. The smallest absolute Gasteiger partial charge is 0.409 e. The molecule has 1 unspecified atom stereocenters. The van der Waals surface area contributed by atoms with E-state index in [0.29, 0.717) is 45.8 Å². The summed E-state index contributed by atoms with van der Waals surface area (Å²) in [6.45, 7) is 9.36. The van der Waals surface area contributed by atoms with Gasteiger partial charge in [0.25, 0.3) is 0 Å². The summed E-state index contributed by atoms with van der Waals surface area (Å²) in [6.07, 6.45) is 1.07. The fourth-order valence-corrected chi connectivity index (χ4v) is 2.38. The third kappa shape index (κ3) is 8.59. The molecule has 1 rings (SSSR count). The van der Waals surface area contributed by atoms with Gasteiger partial charge in [-0.2, -0.15) is 0 Å². The number of carbonyl (C=O) groups is 2. The fourth-order valence-electron chi connectivity index (χ4n) is 2.38. The molecule has 25 heavy (non-hydrogen) atoms. The van der Waals surface area contributed by atoms with Crippen LogP contribution in [0.25, 0.3) is 0 Å².